The standard InChI is InChI=1S/C20H22F3N5O2.ClH/c1-12(2)30-16-9-18-25-13(5-4-8-24)10-28(18)11-15(16)27-19(29)14-6-3-7-17(26-14)20(21,22)23;/h3,6-7,9-12H,4-5,8,24H2,1-2H3,(H,27,29);1H. The number of halogens is 4. The largest absolute Gasteiger partial charge is 0.489 e. The van der Waals surface area contributed by atoms with Crippen LogP contribution in [0, 0.1) is 0 Å². The van der Waals surface area contributed by atoms with Crippen molar-refractivity contribution in [3.05, 3.63) is 53.7 Å². The molecule has 0 radical (unpaired) electrons. The van der Waals surface area contributed by atoms with Crippen molar-refractivity contribution in [3.8, 4) is 5.75 Å². The number of carbonyl (C=O) groups excluding carboxylic acids is 1. The summed E-state index contributed by atoms with van der Waals surface area (Å²) in [6.07, 6.45) is 0.0669. The van der Waals surface area contributed by atoms with Gasteiger partial charge < -0.3 is 20.2 Å². The van der Waals surface area contributed by atoms with Crippen LogP contribution in [0.2, 0.25) is 0 Å². The molecule has 0 spiro atoms. The molecule has 0 saturated carbocycles. The predicted octanol–water partition coefficient (Wildman–Crippen LogP) is 4.10. The molecule has 0 aliphatic heterocycles. The van der Waals surface area contributed by atoms with Crippen LogP contribution >= 0.6 is 12.4 Å². The zero-order valence-corrected chi connectivity index (χ0v) is 17.8. The minimum Gasteiger partial charge on any atom is -0.489 e. The zero-order chi connectivity index (χ0) is 21.9. The van der Waals surface area contributed by atoms with E-state index in [0.717, 1.165) is 24.2 Å². The number of fused-ring (bicyclic) bond motifs is 1. The van der Waals surface area contributed by atoms with Crippen LogP contribution in [-0.4, -0.2) is 32.9 Å². The van der Waals surface area contributed by atoms with Gasteiger partial charge in [0.2, 0.25) is 0 Å². The number of imidazole rings is 1. The van der Waals surface area contributed by atoms with Crippen molar-refractivity contribution in [1.82, 2.24) is 14.4 Å². The topological polar surface area (TPSA) is 94.5 Å². The minimum atomic E-state index is -4.64. The highest BCUT2D eigenvalue weighted by Gasteiger charge is 2.33. The summed E-state index contributed by atoms with van der Waals surface area (Å²) in [5.74, 6) is -0.425. The molecule has 3 heterocycles. The van der Waals surface area contributed by atoms with Crippen LogP contribution in [0.5, 0.6) is 5.75 Å². The number of anilines is 1. The average molecular weight is 458 g/mol. The highest BCUT2D eigenvalue weighted by Crippen LogP contribution is 2.29. The number of hydrogen-bond acceptors (Lipinski definition) is 5. The second-order valence-electron chi connectivity index (χ2n) is 6.97. The number of nitrogens with one attached hydrogen (secondary N) is 1. The second-order valence-corrected chi connectivity index (χ2v) is 6.97. The van der Waals surface area contributed by atoms with Gasteiger partial charge >= 0.3 is 6.18 Å². The van der Waals surface area contributed by atoms with Crippen LogP contribution in [0.4, 0.5) is 18.9 Å². The first kappa shape index (κ1) is 24.4. The summed E-state index contributed by atoms with van der Waals surface area (Å²) in [4.78, 5) is 20.5. The summed E-state index contributed by atoms with van der Waals surface area (Å²) in [7, 11) is 0. The summed E-state index contributed by atoms with van der Waals surface area (Å²) in [5, 5.41) is 2.59. The fraction of sp³-hybridized carbons (Fsp3) is 0.350. The molecule has 11 heteroatoms. The molecule has 3 aromatic rings. The molecular weight excluding hydrogens is 435 g/mol. The van der Waals surface area contributed by atoms with Crippen molar-refractivity contribution in [2.75, 3.05) is 11.9 Å². The molecule has 1 amide bonds. The third-order valence-electron chi connectivity index (χ3n) is 4.12. The molecule has 0 aliphatic rings. The number of alkyl halides is 3. The van der Waals surface area contributed by atoms with Gasteiger partial charge in [-0.25, -0.2) is 9.97 Å². The lowest BCUT2D eigenvalue weighted by Crippen LogP contribution is -2.18. The van der Waals surface area contributed by atoms with Gasteiger partial charge in [0.05, 0.1) is 11.8 Å². The molecule has 168 valence electrons. The monoisotopic (exact) mass is 457 g/mol. The normalized spacial score (nSPS) is 11.5. The van der Waals surface area contributed by atoms with E-state index in [1.807, 2.05) is 20.0 Å². The fourth-order valence-electron chi connectivity index (χ4n) is 2.82. The number of amides is 1. The first-order valence-corrected chi connectivity index (χ1v) is 9.41. The molecule has 7 nitrogen and oxygen atoms in total. The molecular formula is C20H23ClF3N5O2. The predicted molar refractivity (Wildman–Crippen MR) is 113 cm³/mol. The number of ether oxygens (including phenoxy) is 1. The van der Waals surface area contributed by atoms with E-state index in [4.69, 9.17) is 10.5 Å². The Morgan fingerprint density at radius 2 is 2.00 bits per heavy atom. The van der Waals surface area contributed by atoms with Crippen molar-refractivity contribution in [3.63, 3.8) is 0 Å². The van der Waals surface area contributed by atoms with Crippen LogP contribution < -0.4 is 15.8 Å². The Bertz CT molecular complexity index is 1050. The number of aromatic nitrogens is 3. The van der Waals surface area contributed by atoms with Crippen LogP contribution in [-0.2, 0) is 12.6 Å². The average Bonchev–Trinajstić information content (AvgIpc) is 3.07. The molecule has 3 aromatic heterocycles. The van der Waals surface area contributed by atoms with E-state index in [-0.39, 0.29) is 24.2 Å². The van der Waals surface area contributed by atoms with E-state index < -0.39 is 17.8 Å². The molecule has 3 rings (SSSR count). The first-order chi connectivity index (χ1) is 14.2. The Kier molecular flexibility index (Phi) is 7.85. The Hall–Kier alpha value is -2.85. The summed E-state index contributed by atoms with van der Waals surface area (Å²) in [5.41, 5.74) is 5.80. The van der Waals surface area contributed by atoms with Gasteiger partial charge in [-0.3, -0.25) is 4.79 Å². The van der Waals surface area contributed by atoms with Gasteiger partial charge in [-0.05, 0) is 45.4 Å². The lowest BCUT2D eigenvalue weighted by molar-refractivity contribution is -0.141. The van der Waals surface area contributed by atoms with Gasteiger partial charge in [0, 0.05) is 18.5 Å². The third kappa shape index (κ3) is 6.08. The number of nitrogens with zero attached hydrogens (tertiary/aromatic N) is 3. The molecule has 31 heavy (non-hydrogen) atoms. The maximum Gasteiger partial charge on any atom is 0.433 e. The van der Waals surface area contributed by atoms with Gasteiger partial charge in [0.25, 0.3) is 5.91 Å². The summed E-state index contributed by atoms with van der Waals surface area (Å²) in [6, 6.07) is 4.83. The Morgan fingerprint density at radius 3 is 2.65 bits per heavy atom. The van der Waals surface area contributed by atoms with Gasteiger partial charge in [-0.2, -0.15) is 13.2 Å². The van der Waals surface area contributed by atoms with E-state index in [0.29, 0.717) is 30.0 Å². The number of pyridine rings is 2. The lowest BCUT2D eigenvalue weighted by Gasteiger charge is -2.15. The van der Waals surface area contributed by atoms with Gasteiger partial charge in [0.1, 0.15) is 28.5 Å². The molecule has 0 saturated heterocycles. The number of nitrogens with two attached hydrogens (primary N) is 1. The van der Waals surface area contributed by atoms with Crippen LogP contribution in [0.1, 0.15) is 42.1 Å². The highest BCUT2D eigenvalue weighted by atomic mass is 35.5. The molecule has 0 aliphatic carbocycles. The summed E-state index contributed by atoms with van der Waals surface area (Å²) < 4.78 is 46.2. The van der Waals surface area contributed by atoms with Crippen molar-refractivity contribution < 1.29 is 22.7 Å². The number of rotatable bonds is 7. The lowest BCUT2D eigenvalue weighted by atomic mass is 10.2. The quantitative estimate of drug-likeness (QED) is 0.557. The van der Waals surface area contributed by atoms with Crippen LogP contribution in [0.3, 0.4) is 0 Å². The molecule has 3 N–H and O–H groups in total. The van der Waals surface area contributed by atoms with Crippen molar-refractivity contribution in [2.24, 2.45) is 5.73 Å². The van der Waals surface area contributed by atoms with Gasteiger partial charge in [-0.15, -0.1) is 12.4 Å². The number of carbonyl (C=O) groups is 1. The summed E-state index contributed by atoms with van der Waals surface area (Å²) in [6.45, 7) is 4.19. The van der Waals surface area contributed by atoms with E-state index in [1.165, 1.54) is 6.07 Å². The highest BCUT2D eigenvalue weighted by molar-refractivity contribution is 6.03. The van der Waals surface area contributed by atoms with Gasteiger partial charge in [0.15, 0.2) is 0 Å². The maximum atomic E-state index is 12.9. The number of aryl methyl sites for hydroxylation is 1. The smallest absolute Gasteiger partial charge is 0.433 e. The Labute approximate surface area is 183 Å². The maximum absolute atomic E-state index is 12.9. The fourth-order valence-corrected chi connectivity index (χ4v) is 2.82. The first-order valence-electron chi connectivity index (χ1n) is 9.41. The van der Waals surface area contributed by atoms with Crippen molar-refractivity contribution >= 4 is 29.6 Å². The number of hydrogen-bond donors (Lipinski definition) is 2. The zero-order valence-electron chi connectivity index (χ0n) is 16.9. The third-order valence-corrected chi connectivity index (χ3v) is 4.12. The van der Waals surface area contributed by atoms with E-state index in [2.05, 4.69) is 15.3 Å². The van der Waals surface area contributed by atoms with E-state index in [1.54, 1.807) is 16.7 Å². The van der Waals surface area contributed by atoms with Gasteiger partial charge in [-0.1, -0.05) is 6.07 Å². The SMILES string of the molecule is CC(C)Oc1cc2nc(CCCN)cn2cc1NC(=O)c1cccc(C(F)(F)F)n1.Cl. The second kappa shape index (κ2) is 9.97. The van der Waals surface area contributed by atoms with Crippen molar-refractivity contribution in [1.29, 1.82) is 0 Å². The van der Waals surface area contributed by atoms with Crippen LogP contribution in [0.25, 0.3) is 5.65 Å². The van der Waals surface area contributed by atoms with Crippen LogP contribution in [0.15, 0.2) is 36.7 Å². The van der Waals surface area contributed by atoms with E-state index >= 15 is 0 Å². The molecule has 0 atom stereocenters. The van der Waals surface area contributed by atoms with Crippen molar-refractivity contribution in [2.45, 2.75) is 39.0 Å². The molecule has 0 unspecified atom stereocenters. The molecule has 0 bridgehead atoms. The Morgan fingerprint density at radius 1 is 1.26 bits per heavy atom. The molecule has 0 aromatic carbocycles. The summed E-state index contributed by atoms with van der Waals surface area (Å²) >= 11 is 0. The molecule has 0 fully saturated rings. The minimum absolute atomic E-state index is 0. The van der Waals surface area contributed by atoms with E-state index in [9.17, 15) is 18.0 Å². The Balaban J connectivity index is 0.00000341.